The predicted molar refractivity (Wildman–Crippen MR) is 76.2 cm³/mol. The summed E-state index contributed by atoms with van der Waals surface area (Å²) in [5.41, 5.74) is 0. The van der Waals surface area contributed by atoms with E-state index in [9.17, 15) is 10.2 Å². The van der Waals surface area contributed by atoms with Gasteiger partial charge in [-0.1, -0.05) is 60.3 Å². The average Bonchev–Trinajstić information content (AvgIpc) is 2.26. The average molecular weight is 246 g/mol. The van der Waals surface area contributed by atoms with Crippen molar-refractivity contribution in [3.8, 4) is 0 Å². The molecule has 1 rings (SSSR count). The third-order valence-corrected chi connectivity index (χ3v) is 3.69. The zero-order valence-electron chi connectivity index (χ0n) is 9.99. The molecule has 0 bridgehead atoms. The van der Waals surface area contributed by atoms with Crippen LogP contribution >= 0.6 is 0 Å². The van der Waals surface area contributed by atoms with E-state index in [2.05, 4.69) is 0 Å². The molecule has 0 saturated heterocycles. The predicted octanol–water partition coefficient (Wildman–Crippen LogP) is 4.14. The molecule has 2 heteroatoms. The highest BCUT2D eigenvalue weighted by Gasteiger charge is 2.25. The van der Waals surface area contributed by atoms with Gasteiger partial charge in [-0.2, -0.15) is 0 Å². The highest BCUT2D eigenvalue weighted by Crippen LogP contribution is 2.25. The van der Waals surface area contributed by atoms with Crippen LogP contribution in [0.1, 0.15) is 79.6 Å². The van der Waals surface area contributed by atoms with Gasteiger partial charge in [-0.05, 0) is 19.3 Å². The SMILES string of the molecule is C.C.CCC(O)C1CCCCCCCCC1O. The van der Waals surface area contributed by atoms with Crippen molar-refractivity contribution < 1.29 is 10.2 Å². The van der Waals surface area contributed by atoms with Gasteiger partial charge >= 0.3 is 0 Å². The molecule has 1 aliphatic rings. The van der Waals surface area contributed by atoms with Gasteiger partial charge in [0.15, 0.2) is 0 Å². The lowest BCUT2D eigenvalue weighted by Gasteiger charge is -2.28. The van der Waals surface area contributed by atoms with Crippen molar-refractivity contribution in [3.05, 3.63) is 0 Å². The first-order valence-electron chi connectivity index (χ1n) is 6.61. The number of hydrogen-bond acceptors (Lipinski definition) is 2. The summed E-state index contributed by atoms with van der Waals surface area (Å²) in [6.45, 7) is 2.00. The van der Waals surface area contributed by atoms with E-state index in [0.29, 0.717) is 0 Å². The van der Waals surface area contributed by atoms with Crippen LogP contribution in [0.5, 0.6) is 0 Å². The molecule has 1 saturated carbocycles. The van der Waals surface area contributed by atoms with Gasteiger partial charge in [0.05, 0.1) is 12.2 Å². The summed E-state index contributed by atoms with van der Waals surface area (Å²) in [5, 5.41) is 19.9. The molecule has 106 valence electrons. The molecule has 17 heavy (non-hydrogen) atoms. The van der Waals surface area contributed by atoms with Gasteiger partial charge in [0.25, 0.3) is 0 Å². The van der Waals surface area contributed by atoms with Crippen LogP contribution in [-0.4, -0.2) is 22.4 Å². The van der Waals surface area contributed by atoms with Crippen molar-refractivity contribution in [1.29, 1.82) is 0 Å². The van der Waals surface area contributed by atoms with Crippen molar-refractivity contribution in [2.75, 3.05) is 0 Å². The topological polar surface area (TPSA) is 40.5 Å². The summed E-state index contributed by atoms with van der Waals surface area (Å²) in [6, 6.07) is 0. The molecule has 3 atom stereocenters. The Balaban J connectivity index is 0. The molecule has 3 unspecified atom stereocenters. The molecule has 0 aromatic heterocycles. The first-order valence-corrected chi connectivity index (χ1v) is 6.61. The summed E-state index contributed by atoms with van der Waals surface area (Å²) in [4.78, 5) is 0. The minimum absolute atomic E-state index is 0. The minimum atomic E-state index is -0.306. The Morgan fingerprint density at radius 3 is 1.94 bits per heavy atom. The lowest BCUT2D eigenvalue weighted by molar-refractivity contribution is -0.000828. The molecule has 1 aliphatic carbocycles. The van der Waals surface area contributed by atoms with E-state index >= 15 is 0 Å². The van der Waals surface area contributed by atoms with Crippen molar-refractivity contribution in [2.24, 2.45) is 5.92 Å². The molecule has 0 aromatic rings. The molecule has 0 aromatic carbocycles. The Bertz CT molecular complexity index is 159. The molecule has 2 nitrogen and oxygen atoms in total. The van der Waals surface area contributed by atoms with Crippen LogP contribution in [0.25, 0.3) is 0 Å². The first-order chi connectivity index (χ1) is 7.25. The maximum absolute atomic E-state index is 10.0. The summed E-state index contributed by atoms with van der Waals surface area (Å²) in [7, 11) is 0. The molecule has 0 heterocycles. The van der Waals surface area contributed by atoms with Crippen LogP contribution in [0.15, 0.2) is 0 Å². The smallest absolute Gasteiger partial charge is 0.0593 e. The number of rotatable bonds is 2. The Morgan fingerprint density at radius 1 is 0.941 bits per heavy atom. The quantitative estimate of drug-likeness (QED) is 0.768. The van der Waals surface area contributed by atoms with Gasteiger partial charge in [0.1, 0.15) is 0 Å². The zero-order valence-corrected chi connectivity index (χ0v) is 9.99. The lowest BCUT2D eigenvalue weighted by atomic mass is 9.85. The van der Waals surface area contributed by atoms with Crippen LogP contribution in [0.3, 0.4) is 0 Å². The fourth-order valence-corrected chi connectivity index (χ4v) is 2.60. The maximum Gasteiger partial charge on any atom is 0.0593 e. The third-order valence-electron chi connectivity index (χ3n) is 3.69. The van der Waals surface area contributed by atoms with Crippen LogP contribution in [0.4, 0.5) is 0 Å². The number of hydrogen-bond donors (Lipinski definition) is 2. The number of aliphatic hydroxyl groups is 2. The molecule has 2 N–H and O–H groups in total. The normalized spacial score (nSPS) is 28.4. The lowest BCUT2D eigenvalue weighted by Crippen LogP contribution is -2.31. The fourth-order valence-electron chi connectivity index (χ4n) is 2.60. The van der Waals surface area contributed by atoms with Crippen molar-refractivity contribution >= 4 is 0 Å². The summed E-state index contributed by atoms with van der Waals surface area (Å²) >= 11 is 0. The van der Waals surface area contributed by atoms with Crippen LogP contribution in [-0.2, 0) is 0 Å². The molecular weight excluding hydrogens is 212 g/mol. The third kappa shape index (κ3) is 7.05. The molecule has 0 aliphatic heterocycles. The van der Waals surface area contributed by atoms with E-state index in [1.807, 2.05) is 6.92 Å². The van der Waals surface area contributed by atoms with Crippen molar-refractivity contribution in [1.82, 2.24) is 0 Å². The number of aliphatic hydroxyl groups excluding tert-OH is 2. The second-order valence-electron chi connectivity index (χ2n) is 4.91. The van der Waals surface area contributed by atoms with E-state index in [4.69, 9.17) is 0 Å². The van der Waals surface area contributed by atoms with Crippen LogP contribution < -0.4 is 0 Å². The highest BCUT2D eigenvalue weighted by molar-refractivity contribution is 4.76. The second kappa shape index (κ2) is 11.0. The Kier molecular flexibility index (Phi) is 12.5. The summed E-state index contributed by atoms with van der Waals surface area (Å²) in [6.07, 6.45) is 9.48. The van der Waals surface area contributed by atoms with Gasteiger partial charge in [-0.25, -0.2) is 0 Å². The maximum atomic E-state index is 10.0. The van der Waals surface area contributed by atoms with Crippen molar-refractivity contribution in [3.63, 3.8) is 0 Å². The zero-order chi connectivity index (χ0) is 11.1. The molecule has 0 spiro atoms. The van der Waals surface area contributed by atoms with Gasteiger partial charge in [0.2, 0.25) is 0 Å². The molecule has 1 fully saturated rings. The van der Waals surface area contributed by atoms with Gasteiger partial charge in [-0.3, -0.25) is 0 Å². The van der Waals surface area contributed by atoms with Crippen LogP contribution in [0.2, 0.25) is 0 Å². The van der Waals surface area contributed by atoms with Gasteiger partial charge in [0, 0.05) is 5.92 Å². The largest absolute Gasteiger partial charge is 0.393 e. The summed E-state index contributed by atoms with van der Waals surface area (Å²) in [5.74, 6) is 0.119. The summed E-state index contributed by atoms with van der Waals surface area (Å²) < 4.78 is 0. The highest BCUT2D eigenvalue weighted by atomic mass is 16.3. The Morgan fingerprint density at radius 2 is 1.41 bits per heavy atom. The second-order valence-corrected chi connectivity index (χ2v) is 4.91. The minimum Gasteiger partial charge on any atom is -0.393 e. The van der Waals surface area contributed by atoms with E-state index < -0.39 is 0 Å². The molecule has 0 amide bonds. The molecule has 0 radical (unpaired) electrons. The van der Waals surface area contributed by atoms with Crippen molar-refractivity contribution in [2.45, 2.75) is 91.8 Å². The first kappa shape index (κ1) is 19.3. The molecular formula is C15H34O2. The van der Waals surface area contributed by atoms with E-state index in [-0.39, 0.29) is 33.0 Å². The Labute approximate surface area is 108 Å². The van der Waals surface area contributed by atoms with Gasteiger partial charge in [-0.15, -0.1) is 0 Å². The fraction of sp³-hybridized carbons (Fsp3) is 1.00. The van der Waals surface area contributed by atoms with Crippen LogP contribution in [0, 0.1) is 5.92 Å². The Hall–Kier alpha value is -0.0800. The van der Waals surface area contributed by atoms with E-state index in [0.717, 1.165) is 25.7 Å². The standard InChI is InChI=1S/C13H26O2.2CH4/c1-2-12(14)11-9-7-5-3-4-6-8-10-13(11)15;;/h11-15H,2-10H2,1H3;2*1H4. The van der Waals surface area contributed by atoms with E-state index in [1.54, 1.807) is 0 Å². The monoisotopic (exact) mass is 246 g/mol. The van der Waals surface area contributed by atoms with E-state index in [1.165, 1.54) is 32.1 Å². The van der Waals surface area contributed by atoms with Gasteiger partial charge < -0.3 is 10.2 Å².